The molecule has 0 N–H and O–H groups in total. The summed E-state index contributed by atoms with van der Waals surface area (Å²) in [4.78, 5) is 17.7. The van der Waals surface area contributed by atoms with Gasteiger partial charge in [0.25, 0.3) is 0 Å². The predicted octanol–water partition coefficient (Wildman–Crippen LogP) is 6.49. The number of benzene rings is 3. The van der Waals surface area contributed by atoms with Crippen molar-refractivity contribution in [3.63, 3.8) is 0 Å². The van der Waals surface area contributed by atoms with Gasteiger partial charge in [-0.05, 0) is 42.0 Å². The highest BCUT2D eigenvalue weighted by molar-refractivity contribution is 6.35. The lowest BCUT2D eigenvalue weighted by Gasteiger charge is -2.10. The molecular formula is C23H18Cl2FNO3. The molecule has 0 radical (unpaired) electrons. The first-order valence-electron chi connectivity index (χ1n) is 9.10. The predicted molar refractivity (Wildman–Crippen MR) is 116 cm³/mol. The summed E-state index contributed by atoms with van der Waals surface area (Å²) in [7, 11) is 0. The fraction of sp³-hybridized carbons (Fsp3) is 0.130. The molecule has 0 heterocycles. The third-order valence-electron chi connectivity index (χ3n) is 4.16. The molecule has 0 amide bonds. The van der Waals surface area contributed by atoms with Gasteiger partial charge in [0, 0.05) is 22.0 Å². The molecule has 0 unspecified atom stereocenters. The average molecular weight is 446 g/mol. The molecule has 0 atom stereocenters. The van der Waals surface area contributed by atoms with Crippen molar-refractivity contribution in [3.05, 3.63) is 99.3 Å². The third kappa shape index (κ3) is 6.31. The Bertz CT molecular complexity index is 1040. The van der Waals surface area contributed by atoms with E-state index in [2.05, 4.69) is 5.16 Å². The second-order valence-electron chi connectivity index (χ2n) is 6.34. The van der Waals surface area contributed by atoms with Gasteiger partial charge in [0.2, 0.25) is 0 Å². The van der Waals surface area contributed by atoms with E-state index in [1.807, 2.05) is 0 Å². The quantitative estimate of drug-likeness (QED) is 0.215. The van der Waals surface area contributed by atoms with Crippen LogP contribution in [0.5, 0.6) is 5.75 Å². The molecule has 0 aliphatic carbocycles. The number of nitrogens with zero attached hydrogens (tertiary/aromatic N) is 1. The summed E-state index contributed by atoms with van der Waals surface area (Å²) in [6.07, 6.45) is 1.44. The van der Waals surface area contributed by atoms with Gasteiger partial charge >= 0.3 is 0 Å². The molecule has 0 bridgehead atoms. The first kappa shape index (κ1) is 21.8. The largest absolute Gasteiger partial charge is 0.488 e. The molecule has 7 heteroatoms. The number of rotatable bonds is 9. The Morgan fingerprint density at radius 2 is 1.77 bits per heavy atom. The minimum atomic E-state index is -0.311. The highest BCUT2D eigenvalue weighted by atomic mass is 35.5. The van der Waals surface area contributed by atoms with E-state index in [4.69, 9.17) is 32.8 Å². The molecule has 0 spiro atoms. The van der Waals surface area contributed by atoms with Gasteiger partial charge in [0.1, 0.15) is 24.8 Å². The first-order valence-corrected chi connectivity index (χ1v) is 9.85. The van der Waals surface area contributed by atoms with Crippen molar-refractivity contribution >= 4 is 35.2 Å². The zero-order chi connectivity index (χ0) is 21.3. The molecule has 154 valence electrons. The topological polar surface area (TPSA) is 47.9 Å². The number of carbonyl (C=O) groups excluding carboxylic acids is 1. The standard InChI is InChI=1S/C23H18Cl2FNO3/c24-18-8-7-17(21(25)13-18)15-30-27-12-11-22(28)20-3-1-2-4-23(20)29-14-16-5-9-19(26)10-6-16/h1-10,12-13H,11,14-15H2/b27-12+. The molecule has 3 rings (SSSR count). The van der Waals surface area contributed by atoms with Crippen molar-refractivity contribution < 1.29 is 18.8 Å². The van der Waals surface area contributed by atoms with Gasteiger partial charge in [-0.15, -0.1) is 0 Å². The van der Waals surface area contributed by atoms with Crippen molar-refractivity contribution in [2.75, 3.05) is 0 Å². The normalized spacial score (nSPS) is 10.9. The SMILES string of the molecule is O=C(C/C=N/OCc1ccc(Cl)cc1Cl)c1ccccc1OCc1ccc(F)cc1. The van der Waals surface area contributed by atoms with Crippen LogP contribution in [-0.4, -0.2) is 12.0 Å². The van der Waals surface area contributed by atoms with Crippen LogP contribution in [0.25, 0.3) is 0 Å². The van der Waals surface area contributed by atoms with E-state index >= 15 is 0 Å². The van der Waals surface area contributed by atoms with Gasteiger partial charge in [0.05, 0.1) is 11.8 Å². The Kier molecular flexibility index (Phi) is 7.82. The first-order chi connectivity index (χ1) is 14.5. The molecule has 0 aliphatic rings. The number of ketones is 1. The molecular weight excluding hydrogens is 428 g/mol. The van der Waals surface area contributed by atoms with E-state index in [-0.39, 0.29) is 31.2 Å². The minimum Gasteiger partial charge on any atom is -0.488 e. The average Bonchev–Trinajstić information content (AvgIpc) is 2.74. The van der Waals surface area contributed by atoms with Crippen LogP contribution >= 0.6 is 23.2 Å². The number of halogens is 3. The van der Waals surface area contributed by atoms with Crippen LogP contribution in [0.4, 0.5) is 4.39 Å². The summed E-state index contributed by atoms with van der Waals surface area (Å²) >= 11 is 11.9. The van der Waals surface area contributed by atoms with Gasteiger partial charge in [-0.25, -0.2) is 4.39 Å². The van der Waals surface area contributed by atoms with Gasteiger partial charge in [-0.3, -0.25) is 4.79 Å². The maximum Gasteiger partial charge on any atom is 0.172 e. The fourth-order valence-corrected chi connectivity index (χ4v) is 3.06. The molecule has 0 fully saturated rings. The Labute approximate surface area is 183 Å². The Morgan fingerprint density at radius 1 is 1.00 bits per heavy atom. The van der Waals surface area contributed by atoms with Crippen molar-refractivity contribution in [2.45, 2.75) is 19.6 Å². The van der Waals surface area contributed by atoms with E-state index in [9.17, 15) is 9.18 Å². The number of para-hydroxylation sites is 1. The van der Waals surface area contributed by atoms with E-state index in [0.29, 0.717) is 21.4 Å². The minimum absolute atomic E-state index is 0.0469. The molecule has 3 aromatic carbocycles. The third-order valence-corrected chi connectivity index (χ3v) is 4.74. The zero-order valence-electron chi connectivity index (χ0n) is 15.9. The highest BCUT2D eigenvalue weighted by Crippen LogP contribution is 2.22. The van der Waals surface area contributed by atoms with Crippen molar-refractivity contribution in [3.8, 4) is 5.75 Å². The van der Waals surface area contributed by atoms with E-state index in [1.54, 1.807) is 54.6 Å². The van der Waals surface area contributed by atoms with Crippen molar-refractivity contribution in [1.29, 1.82) is 0 Å². The van der Waals surface area contributed by atoms with Crippen molar-refractivity contribution in [2.24, 2.45) is 5.16 Å². The maximum absolute atomic E-state index is 13.0. The number of hydrogen-bond donors (Lipinski definition) is 0. The number of ether oxygens (including phenoxy) is 1. The monoisotopic (exact) mass is 445 g/mol. The van der Waals surface area contributed by atoms with Gasteiger partial charge in [0.15, 0.2) is 5.78 Å². The summed E-state index contributed by atoms with van der Waals surface area (Å²) in [5.74, 6) is -0.0233. The van der Waals surface area contributed by atoms with Crippen LogP contribution in [0.2, 0.25) is 10.0 Å². The van der Waals surface area contributed by atoms with Crippen LogP contribution < -0.4 is 4.74 Å². The van der Waals surface area contributed by atoms with Crippen LogP contribution in [-0.2, 0) is 18.1 Å². The Hall–Kier alpha value is -2.89. The van der Waals surface area contributed by atoms with E-state index in [1.165, 1.54) is 18.3 Å². The molecule has 0 aromatic heterocycles. The van der Waals surface area contributed by atoms with Crippen LogP contribution in [0.15, 0.2) is 71.9 Å². The lowest BCUT2D eigenvalue weighted by Crippen LogP contribution is -2.05. The molecule has 0 saturated carbocycles. The zero-order valence-corrected chi connectivity index (χ0v) is 17.4. The number of Topliss-reactive ketones (excluding diaryl/α,β-unsaturated/α-hetero) is 1. The lowest BCUT2D eigenvalue weighted by molar-refractivity contribution is 0.0992. The summed E-state index contributed by atoms with van der Waals surface area (Å²) in [5, 5.41) is 4.84. The highest BCUT2D eigenvalue weighted by Gasteiger charge is 2.11. The molecule has 0 aliphatic heterocycles. The summed E-state index contributed by atoms with van der Waals surface area (Å²) in [6.45, 7) is 0.391. The second kappa shape index (κ2) is 10.8. The smallest absolute Gasteiger partial charge is 0.172 e. The van der Waals surface area contributed by atoms with Gasteiger partial charge in [-0.2, -0.15) is 0 Å². The number of hydrogen-bond acceptors (Lipinski definition) is 4. The molecule has 0 saturated heterocycles. The second-order valence-corrected chi connectivity index (χ2v) is 7.18. The Balaban J connectivity index is 1.53. The Morgan fingerprint density at radius 3 is 2.53 bits per heavy atom. The van der Waals surface area contributed by atoms with Crippen LogP contribution in [0.1, 0.15) is 27.9 Å². The lowest BCUT2D eigenvalue weighted by atomic mass is 10.1. The number of carbonyl (C=O) groups is 1. The molecule has 3 aromatic rings. The fourth-order valence-electron chi connectivity index (χ4n) is 2.59. The molecule has 4 nitrogen and oxygen atoms in total. The summed E-state index contributed by atoms with van der Waals surface area (Å²) in [6, 6.07) is 18.0. The van der Waals surface area contributed by atoms with Gasteiger partial charge < -0.3 is 9.57 Å². The van der Waals surface area contributed by atoms with Crippen LogP contribution in [0.3, 0.4) is 0 Å². The van der Waals surface area contributed by atoms with Gasteiger partial charge in [-0.1, -0.05) is 58.7 Å². The van der Waals surface area contributed by atoms with E-state index < -0.39 is 0 Å². The van der Waals surface area contributed by atoms with Crippen LogP contribution in [0, 0.1) is 5.82 Å². The summed E-state index contributed by atoms with van der Waals surface area (Å²) < 4.78 is 18.8. The summed E-state index contributed by atoms with van der Waals surface area (Å²) in [5.41, 5.74) is 1.98. The number of oxime groups is 1. The van der Waals surface area contributed by atoms with Crippen molar-refractivity contribution in [1.82, 2.24) is 0 Å². The molecule has 30 heavy (non-hydrogen) atoms. The van der Waals surface area contributed by atoms with E-state index in [0.717, 1.165) is 11.1 Å². The maximum atomic E-state index is 13.0.